The van der Waals surface area contributed by atoms with E-state index in [1.165, 1.54) is 0 Å². The van der Waals surface area contributed by atoms with E-state index in [-0.39, 0.29) is 32.7 Å². The molecule has 1 aliphatic carbocycles. The fourth-order valence-corrected chi connectivity index (χ4v) is 0.604. The second-order valence-electron chi connectivity index (χ2n) is 1.74. The van der Waals surface area contributed by atoms with E-state index in [0.29, 0.717) is 12.2 Å². The molecule has 0 N–H and O–H groups in total. The molecule has 0 saturated heterocycles. The fraction of sp³-hybridized carbons (Fsp3) is 0.167. The Morgan fingerprint density at radius 2 is 1.75 bits per heavy atom. The van der Waals surface area contributed by atoms with Crippen molar-refractivity contribution in [3.8, 4) is 0 Å². The summed E-state index contributed by atoms with van der Waals surface area (Å²) in [4.78, 5) is 0. The Morgan fingerprint density at radius 1 is 1.25 bits per heavy atom. The number of halogens is 3. The summed E-state index contributed by atoms with van der Waals surface area (Å²) in [7, 11) is 0. The maximum Gasteiger partial charge on any atom is 4.00 e. The van der Waals surface area contributed by atoms with Gasteiger partial charge in [-0.2, -0.15) is 6.08 Å². The average Bonchev–Trinajstić information content (AvgIpc) is 1.59. The molecule has 0 unspecified atom stereocenters. The molecular formula is C6H4F3O2Ti-. The molecule has 0 aromatic rings. The van der Waals surface area contributed by atoms with Crippen molar-refractivity contribution in [3.63, 3.8) is 0 Å². The molecule has 6 heteroatoms. The minimum absolute atomic E-state index is 0. The minimum Gasteiger partial charge on any atom is -2.00 e. The van der Waals surface area contributed by atoms with Crippen molar-refractivity contribution in [1.29, 1.82) is 0 Å². The molecule has 0 saturated carbocycles. The first kappa shape index (κ1) is 17.8. The van der Waals surface area contributed by atoms with E-state index in [2.05, 4.69) is 0 Å². The molecule has 0 aliphatic heterocycles. The Balaban J connectivity index is -0.000000270. The summed E-state index contributed by atoms with van der Waals surface area (Å²) in [6.07, 6.45) is 0.159. The molecule has 0 radical (unpaired) electrons. The molecule has 2 nitrogen and oxygen atoms in total. The summed E-state index contributed by atoms with van der Waals surface area (Å²) in [5.74, 6) is -1.64. The molecule has 66 valence electrons. The molecule has 0 heterocycles. The van der Waals surface area contributed by atoms with Crippen LogP contribution in [-0.4, -0.2) is 0 Å². The number of allylic oxidation sites excluding steroid dienone is 4. The molecule has 0 bridgehead atoms. The Kier molecular flexibility index (Phi) is 11.0. The SMILES string of the molecule is FC1=C[C-](F)CC(F)=C1.[O-2].[O-2].[Ti+4]. The number of rotatable bonds is 0. The molecule has 1 rings (SSSR count). The van der Waals surface area contributed by atoms with Crippen LogP contribution in [0.1, 0.15) is 6.42 Å². The smallest absolute Gasteiger partial charge is 2.00 e. The summed E-state index contributed by atoms with van der Waals surface area (Å²) in [6, 6.07) is 0. The van der Waals surface area contributed by atoms with Crippen LogP contribution in [0.2, 0.25) is 0 Å². The predicted octanol–water partition coefficient (Wildman–Crippen LogP) is 2.36. The van der Waals surface area contributed by atoms with Crippen LogP contribution in [0, 0.1) is 6.17 Å². The Morgan fingerprint density at radius 3 is 2.08 bits per heavy atom. The summed E-state index contributed by atoms with van der Waals surface area (Å²) in [5, 5.41) is 0. The van der Waals surface area contributed by atoms with Crippen LogP contribution in [0.4, 0.5) is 13.2 Å². The van der Waals surface area contributed by atoms with Crippen LogP contribution in [0.3, 0.4) is 0 Å². The molecule has 12 heavy (non-hydrogen) atoms. The van der Waals surface area contributed by atoms with Gasteiger partial charge in [-0.15, -0.1) is 0 Å². The Labute approximate surface area is 82.6 Å². The van der Waals surface area contributed by atoms with Gasteiger partial charge in [-0.1, -0.05) is 6.08 Å². The summed E-state index contributed by atoms with van der Waals surface area (Å²) in [5.41, 5.74) is 0. The minimum atomic E-state index is -0.865. The van der Waals surface area contributed by atoms with Crippen LogP contribution in [-0.2, 0) is 32.7 Å². The monoisotopic (exact) mass is 213 g/mol. The van der Waals surface area contributed by atoms with Gasteiger partial charge in [0.15, 0.2) is 0 Å². The van der Waals surface area contributed by atoms with Crippen LogP contribution < -0.4 is 0 Å². The number of hydrogen-bond acceptors (Lipinski definition) is 0. The van der Waals surface area contributed by atoms with E-state index in [0.717, 1.165) is 0 Å². The summed E-state index contributed by atoms with van der Waals surface area (Å²) < 4.78 is 36.0. The fourth-order valence-electron chi connectivity index (χ4n) is 0.604. The first-order valence-corrected chi connectivity index (χ1v) is 2.43. The standard InChI is InChI=1S/C6H4F3.2O.Ti/c7-4-1-5(8)3-6(9)2-4;;;/h1-2H,3H2;;;/q-1;2*-2;+4. The van der Waals surface area contributed by atoms with Gasteiger partial charge in [-0.25, -0.2) is 4.39 Å². The van der Waals surface area contributed by atoms with Gasteiger partial charge < -0.3 is 19.7 Å². The topological polar surface area (TPSA) is 57.0 Å². The van der Waals surface area contributed by atoms with Crippen LogP contribution >= 0.6 is 0 Å². The Hall–Kier alpha value is -0.226. The second-order valence-corrected chi connectivity index (χ2v) is 1.74. The molecular weight excluding hydrogens is 209 g/mol. The molecule has 1 aliphatic rings. The molecule has 0 spiro atoms. The molecule has 0 aromatic carbocycles. The zero-order valence-corrected chi connectivity index (χ0v) is 7.37. The molecule has 0 fully saturated rings. The van der Waals surface area contributed by atoms with Crippen molar-refractivity contribution >= 4 is 0 Å². The van der Waals surface area contributed by atoms with Crippen LogP contribution in [0.25, 0.3) is 0 Å². The maximum atomic E-state index is 12.0. The quantitative estimate of drug-likeness (QED) is 0.438. The largest absolute Gasteiger partial charge is 4.00 e. The van der Waals surface area contributed by atoms with Crippen LogP contribution in [0.5, 0.6) is 0 Å². The molecule has 0 atom stereocenters. The van der Waals surface area contributed by atoms with Crippen molar-refractivity contribution in [2.45, 2.75) is 6.42 Å². The first-order chi connectivity index (χ1) is 4.18. The van der Waals surface area contributed by atoms with Gasteiger partial charge in [0, 0.05) is 0 Å². The van der Waals surface area contributed by atoms with Crippen molar-refractivity contribution in [1.82, 2.24) is 0 Å². The number of hydrogen-bond donors (Lipinski definition) is 0. The van der Waals surface area contributed by atoms with Gasteiger partial charge in [-0.3, -0.25) is 0 Å². The summed E-state index contributed by atoms with van der Waals surface area (Å²) >= 11 is 0. The van der Waals surface area contributed by atoms with E-state index in [1.54, 1.807) is 0 Å². The van der Waals surface area contributed by atoms with Crippen molar-refractivity contribution in [2.24, 2.45) is 0 Å². The van der Waals surface area contributed by atoms with E-state index in [1.807, 2.05) is 0 Å². The average molecular weight is 213 g/mol. The molecule has 0 amide bonds. The third-order valence-electron chi connectivity index (χ3n) is 0.927. The van der Waals surface area contributed by atoms with Gasteiger partial charge in [-0.05, 0) is 18.4 Å². The van der Waals surface area contributed by atoms with E-state index >= 15 is 0 Å². The maximum absolute atomic E-state index is 12.0. The van der Waals surface area contributed by atoms with Crippen molar-refractivity contribution in [2.75, 3.05) is 0 Å². The van der Waals surface area contributed by atoms with Gasteiger partial charge in [0.25, 0.3) is 0 Å². The van der Waals surface area contributed by atoms with Crippen molar-refractivity contribution in [3.05, 3.63) is 30.0 Å². The molecule has 0 aromatic heterocycles. The van der Waals surface area contributed by atoms with Crippen molar-refractivity contribution < 1.29 is 45.8 Å². The van der Waals surface area contributed by atoms with Gasteiger partial charge in [0.2, 0.25) is 0 Å². The van der Waals surface area contributed by atoms with E-state index in [9.17, 15) is 13.2 Å². The first-order valence-electron chi connectivity index (χ1n) is 2.43. The second kappa shape index (κ2) is 7.42. The summed E-state index contributed by atoms with van der Waals surface area (Å²) in [6.45, 7) is 0. The third kappa shape index (κ3) is 5.43. The van der Waals surface area contributed by atoms with Gasteiger partial charge in [0.05, 0.1) is 5.83 Å². The van der Waals surface area contributed by atoms with Crippen LogP contribution in [0.15, 0.2) is 23.8 Å². The predicted molar refractivity (Wildman–Crippen MR) is 28.7 cm³/mol. The van der Waals surface area contributed by atoms with Gasteiger partial charge in [0.1, 0.15) is 0 Å². The third-order valence-corrected chi connectivity index (χ3v) is 0.927. The van der Waals surface area contributed by atoms with E-state index < -0.39 is 24.2 Å². The zero-order chi connectivity index (χ0) is 6.85. The normalized spacial score (nSPS) is 14.4. The zero-order valence-electron chi connectivity index (χ0n) is 5.81. The van der Waals surface area contributed by atoms with Gasteiger partial charge >= 0.3 is 21.7 Å². The Bertz CT molecular complexity index is 182. The van der Waals surface area contributed by atoms with E-state index in [4.69, 9.17) is 0 Å².